The van der Waals surface area contributed by atoms with Crippen molar-refractivity contribution in [2.75, 3.05) is 0 Å². The summed E-state index contributed by atoms with van der Waals surface area (Å²) in [6, 6.07) is 13.1. The van der Waals surface area contributed by atoms with Crippen LogP contribution >= 0.6 is 11.3 Å². The van der Waals surface area contributed by atoms with Crippen molar-refractivity contribution in [3.05, 3.63) is 64.8 Å². The highest BCUT2D eigenvalue weighted by atomic mass is 32.1. The minimum Gasteiger partial charge on any atom is -0.326 e. The van der Waals surface area contributed by atoms with Crippen molar-refractivity contribution in [2.24, 2.45) is 5.73 Å². The molecule has 3 aromatic rings. The summed E-state index contributed by atoms with van der Waals surface area (Å²) < 4.78 is 13.3. The fourth-order valence-electron chi connectivity index (χ4n) is 2.17. The predicted octanol–water partition coefficient (Wildman–Crippen LogP) is 4.38. The second-order valence-electron chi connectivity index (χ2n) is 4.91. The zero-order valence-electron chi connectivity index (χ0n) is 11.6. The van der Waals surface area contributed by atoms with Crippen molar-refractivity contribution in [3.8, 4) is 21.8 Å². The van der Waals surface area contributed by atoms with Gasteiger partial charge in [-0.05, 0) is 42.3 Å². The van der Waals surface area contributed by atoms with Crippen LogP contribution in [-0.4, -0.2) is 4.98 Å². The molecule has 106 valence electrons. The molecule has 0 bridgehead atoms. The van der Waals surface area contributed by atoms with Gasteiger partial charge in [0.25, 0.3) is 0 Å². The third-order valence-corrected chi connectivity index (χ3v) is 4.26. The molecule has 2 aromatic carbocycles. The van der Waals surface area contributed by atoms with E-state index in [2.05, 4.69) is 11.1 Å². The molecule has 0 atom stereocenters. The molecule has 0 aliphatic rings. The summed E-state index contributed by atoms with van der Waals surface area (Å²) in [5.74, 6) is -0.189. The highest BCUT2D eigenvalue weighted by Gasteiger charge is 2.08. The minimum atomic E-state index is -0.189. The van der Waals surface area contributed by atoms with Gasteiger partial charge < -0.3 is 5.73 Å². The van der Waals surface area contributed by atoms with Crippen LogP contribution in [-0.2, 0) is 6.54 Å². The molecule has 0 unspecified atom stereocenters. The Labute approximate surface area is 127 Å². The topological polar surface area (TPSA) is 38.9 Å². The molecule has 0 aliphatic heterocycles. The van der Waals surface area contributed by atoms with Crippen molar-refractivity contribution in [2.45, 2.75) is 13.5 Å². The van der Waals surface area contributed by atoms with Crippen LogP contribution < -0.4 is 5.73 Å². The van der Waals surface area contributed by atoms with E-state index in [9.17, 15) is 4.39 Å². The highest BCUT2D eigenvalue weighted by molar-refractivity contribution is 7.13. The fourth-order valence-corrected chi connectivity index (χ4v) is 3.00. The number of rotatable bonds is 3. The van der Waals surface area contributed by atoms with Crippen LogP contribution in [0.25, 0.3) is 21.8 Å². The quantitative estimate of drug-likeness (QED) is 0.779. The molecular weight excluding hydrogens is 283 g/mol. The van der Waals surface area contributed by atoms with E-state index in [1.165, 1.54) is 6.07 Å². The Morgan fingerprint density at radius 1 is 1.14 bits per heavy atom. The molecule has 1 heterocycles. The number of hydrogen-bond donors (Lipinski definition) is 1. The van der Waals surface area contributed by atoms with Gasteiger partial charge in [0.2, 0.25) is 0 Å². The van der Waals surface area contributed by atoms with Crippen molar-refractivity contribution in [1.82, 2.24) is 4.98 Å². The van der Waals surface area contributed by atoms with E-state index in [-0.39, 0.29) is 5.82 Å². The molecule has 21 heavy (non-hydrogen) atoms. The molecule has 0 saturated heterocycles. The predicted molar refractivity (Wildman–Crippen MR) is 85.6 cm³/mol. The van der Waals surface area contributed by atoms with E-state index in [1.54, 1.807) is 24.3 Å². The number of hydrogen-bond acceptors (Lipinski definition) is 3. The maximum Gasteiger partial charge on any atom is 0.126 e. The molecule has 4 heteroatoms. The Kier molecular flexibility index (Phi) is 3.82. The summed E-state index contributed by atoms with van der Waals surface area (Å²) in [6.45, 7) is 2.28. The molecular formula is C17H15FN2S. The van der Waals surface area contributed by atoms with Gasteiger partial charge in [-0.3, -0.25) is 0 Å². The van der Waals surface area contributed by atoms with Gasteiger partial charge in [0.15, 0.2) is 0 Å². The van der Waals surface area contributed by atoms with Crippen LogP contribution in [0.15, 0.2) is 47.8 Å². The number of nitrogens with two attached hydrogens (primary N) is 1. The molecule has 2 N–H and O–H groups in total. The third kappa shape index (κ3) is 2.86. The molecule has 0 saturated carbocycles. The molecule has 3 rings (SSSR count). The van der Waals surface area contributed by atoms with E-state index < -0.39 is 0 Å². The average molecular weight is 298 g/mol. The lowest BCUT2D eigenvalue weighted by Crippen LogP contribution is -1.95. The Morgan fingerprint density at radius 2 is 2.00 bits per heavy atom. The number of aryl methyl sites for hydroxylation is 1. The van der Waals surface area contributed by atoms with Gasteiger partial charge in [-0.2, -0.15) is 0 Å². The fraction of sp³-hybridized carbons (Fsp3) is 0.118. The molecule has 0 aliphatic carbocycles. The van der Waals surface area contributed by atoms with Crippen LogP contribution in [0.3, 0.4) is 0 Å². The smallest absolute Gasteiger partial charge is 0.126 e. The zero-order chi connectivity index (χ0) is 14.8. The number of aromatic nitrogens is 1. The van der Waals surface area contributed by atoms with Crippen LogP contribution in [0.4, 0.5) is 4.39 Å². The number of nitrogens with zero attached hydrogens (tertiary/aromatic N) is 1. The second kappa shape index (κ2) is 5.76. The van der Waals surface area contributed by atoms with Gasteiger partial charge in [-0.25, -0.2) is 9.37 Å². The molecule has 0 amide bonds. The second-order valence-corrected chi connectivity index (χ2v) is 5.76. The zero-order valence-corrected chi connectivity index (χ0v) is 12.5. The largest absolute Gasteiger partial charge is 0.326 e. The van der Waals surface area contributed by atoms with E-state index in [0.717, 1.165) is 27.4 Å². The van der Waals surface area contributed by atoms with Crippen LogP contribution in [0, 0.1) is 12.7 Å². The van der Waals surface area contributed by atoms with Crippen LogP contribution in [0.5, 0.6) is 0 Å². The summed E-state index contributed by atoms with van der Waals surface area (Å²) >= 11 is 1.56. The van der Waals surface area contributed by atoms with Gasteiger partial charge >= 0.3 is 0 Å². The Hall–Kier alpha value is -2.04. The van der Waals surface area contributed by atoms with E-state index in [4.69, 9.17) is 5.73 Å². The number of halogens is 1. The first kappa shape index (κ1) is 13.9. The van der Waals surface area contributed by atoms with Gasteiger partial charge in [0, 0.05) is 23.1 Å². The maximum atomic E-state index is 13.3. The van der Waals surface area contributed by atoms with Gasteiger partial charge in [0.1, 0.15) is 10.8 Å². The Bertz CT molecular complexity index is 780. The lowest BCUT2D eigenvalue weighted by molar-refractivity contribution is 0.619. The minimum absolute atomic E-state index is 0.189. The molecule has 0 fully saturated rings. The maximum absolute atomic E-state index is 13.3. The molecule has 0 radical (unpaired) electrons. The van der Waals surface area contributed by atoms with E-state index in [1.807, 2.05) is 29.6 Å². The molecule has 1 aromatic heterocycles. The monoisotopic (exact) mass is 298 g/mol. The third-order valence-electron chi connectivity index (χ3n) is 3.37. The van der Waals surface area contributed by atoms with Crippen molar-refractivity contribution in [1.29, 1.82) is 0 Å². The van der Waals surface area contributed by atoms with Crippen molar-refractivity contribution >= 4 is 11.3 Å². The average Bonchev–Trinajstić information content (AvgIpc) is 3.00. The highest BCUT2D eigenvalue weighted by Crippen LogP contribution is 2.30. The standard InChI is InChI=1S/C17H15FN2S/c1-11-7-14(5-6-15(11)18)17-20-16(10-21-17)13-4-2-3-12(8-13)9-19/h2-8,10H,9,19H2,1H3. The normalized spacial score (nSPS) is 10.8. The molecule has 0 spiro atoms. The van der Waals surface area contributed by atoms with Crippen LogP contribution in [0.1, 0.15) is 11.1 Å². The summed E-state index contributed by atoms with van der Waals surface area (Å²) in [5.41, 5.74) is 10.3. The Balaban J connectivity index is 1.97. The Morgan fingerprint density at radius 3 is 2.76 bits per heavy atom. The summed E-state index contributed by atoms with van der Waals surface area (Å²) in [5, 5.41) is 2.91. The van der Waals surface area contributed by atoms with E-state index in [0.29, 0.717) is 12.1 Å². The summed E-state index contributed by atoms with van der Waals surface area (Å²) in [7, 11) is 0. The summed E-state index contributed by atoms with van der Waals surface area (Å²) in [4.78, 5) is 4.65. The van der Waals surface area contributed by atoms with E-state index >= 15 is 0 Å². The molecule has 2 nitrogen and oxygen atoms in total. The number of thiazole rings is 1. The van der Waals surface area contributed by atoms with Gasteiger partial charge in [-0.1, -0.05) is 18.2 Å². The van der Waals surface area contributed by atoms with Crippen molar-refractivity contribution < 1.29 is 4.39 Å². The lowest BCUT2D eigenvalue weighted by Gasteiger charge is -2.01. The van der Waals surface area contributed by atoms with Gasteiger partial charge in [-0.15, -0.1) is 11.3 Å². The van der Waals surface area contributed by atoms with Gasteiger partial charge in [0.05, 0.1) is 5.69 Å². The first-order valence-corrected chi connectivity index (χ1v) is 7.57. The van der Waals surface area contributed by atoms with Crippen LogP contribution in [0.2, 0.25) is 0 Å². The van der Waals surface area contributed by atoms with Crippen molar-refractivity contribution in [3.63, 3.8) is 0 Å². The lowest BCUT2D eigenvalue weighted by atomic mass is 10.1. The first-order chi connectivity index (χ1) is 10.2. The SMILES string of the molecule is Cc1cc(-c2nc(-c3cccc(CN)c3)cs2)ccc1F. The number of benzene rings is 2. The summed E-state index contributed by atoms with van der Waals surface area (Å²) in [6.07, 6.45) is 0. The first-order valence-electron chi connectivity index (χ1n) is 6.69.